The maximum absolute atomic E-state index is 12.8. The number of amides is 1. The van der Waals surface area contributed by atoms with E-state index in [0.717, 1.165) is 0 Å². The van der Waals surface area contributed by atoms with E-state index in [4.69, 9.17) is 18.7 Å². The lowest BCUT2D eigenvalue weighted by Gasteiger charge is -2.21. The van der Waals surface area contributed by atoms with Crippen LogP contribution in [-0.4, -0.2) is 41.6 Å². The normalized spacial score (nSPS) is 10.8. The topological polar surface area (TPSA) is 93.1 Å². The maximum Gasteiger partial charge on any atom is 0.371 e. The number of carboxylic acid groups (broad SMARTS) is 1. The minimum Gasteiger partial charge on any atom is -0.475 e. The van der Waals surface area contributed by atoms with Crippen LogP contribution in [0.5, 0.6) is 0 Å². The predicted octanol–water partition coefficient (Wildman–Crippen LogP) is 2.87. The molecular weight excluding hydrogens is 314 g/mol. The van der Waals surface area contributed by atoms with Crippen LogP contribution in [0.2, 0.25) is 0 Å². The largest absolute Gasteiger partial charge is 0.475 e. The Bertz CT molecular complexity index is 714. The Morgan fingerprint density at radius 1 is 1.25 bits per heavy atom. The van der Waals surface area contributed by atoms with Crippen LogP contribution in [0.25, 0.3) is 0 Å². The molecule has 0 unspecified atom stereocenters. The third-order valence-corrected chi connectivity index (χ3v) is 3.49. The van der Waals surface area contributed by atoms with E-state index in [0.29, 0.717) is 42.6 Å². The first-order valence-electron chi connectivity index (χ1n) is 7.68. The minimum atomic E-state index is -1.14. The molecule has 0 saturated heterocycles. The fourth-order valence-electron chi connectivity index (χ4n) is 2.35. The average Bonchev–Trinajstić information content (AvgIpc) is 3.12. The SMILES string of the molecule is CCOCCN(Cc1ccc(C(=O)O)o1)C(=O)c1cc(C)oc1C. The Hall–Kier alpha value is -2.54. The summed E-state index contributed by atoms with van der Waals surface area (Å²) in [5.41, 5.74) is 0.481. The molecule has 24 heavy (non-hydrogen) atoms. The number of carbonyl (C=O) groups excluding carboxylic acids is 1. The standard InChI is InChI=1S/C17H21NO6/c1-4-22-8-7-18(10-13-5-6-15(24-13)17(20)21)16(19)14-9-11(2)23-12(14)3/h5-6,9H,4,7-8,10H2,1-3H3,(H,20,21). The number of aromatic carboxylic acids is 1. The van der Waals surface area contributed by atoms with E-state index >= 15 is 0 Å². The summed E-state index contributed by atoms with van der Waals surface area (Å²) in [6, 6.07) is 4.62. The molecule has 130 valence electrons. The summed E-state index contributed by atoms with van der Waals surface area (Å²) in [6.45, 7) is 6.83. The maximum atomic E-state index is 12.8. The zero-order chi connectivity index (χ0) is 17.7. The van der Waals surface area contributed by atoms with Gasteiger partial charge in [0.15, 0.2) is 0 Å². The summed E-state index contributed by atoms with van der Waals surface area (Å²) >= 11 is 0. The lowest BCUT2D eigenvalue weighted by atomic mass is 10.2. The zero-order valence-corrected chi connectivity index (χ0v) is 14.0. The van der Waals surface area contributed by atoms with Crippen molar-refractivity contribution in [2.24, 2.45) is 0 Å². The molecule has 0 spiro atoms. The van der Waals surface area contributed by atoms with Gasteiger partial charge >= 0.3 is 5.97 Å². The average molecular weight is 335 g/mol. The third-order valence-electron chi connectivity index (χ3n) is 3.49. The molecule has 0 atom stereocenters. The van der Waals surface area contributed by atoms with Crippen molar-refractivity contribution in [2.45, 2.75) is 27.3 Å². The highest BCUT2D eigenvalue weighted by Crippen LogP contribution is 2.18. The highest BCUT2D eigenvalue weighted by molar-refractivity contribution is 5.95. The first-order valence-corrected chi connectivity index (χ1v) is 7.68. The zero-order valence-electron chi connectivity index (χ0n) is 14.0. The molecule has 0 aromatic carbocycles. The number of hydrogen-bond acceptors (Lipinski definition) is 5. The van der Waals surface area contributed by atoms with Gasteiger partial charge in [-0.15, -0.1) is 0 Å². The second kappa shape index (κ2) is 7.83. The van der Waals surface area contributed by atoms with Crippen molar-refractivity contribution >= 4 is 11.9 Å². The number of carboxylic acids is 1. The number of nitrogens with zero attached hydrogens (tertiary/aromatic N) is 1. The molecule has 0 fully saturated rings. The van der Waals surface area contributed by atoms with Crippen molar-refractivity contribution in [1.29, 1.82) is 0 Å². The van der Waals surface area contributed by atoms with Gasteiger partial charge in [-0.05, 0) is 39.0 Å². The van der Waals surface area contributed by atoms with Gasteiger partial charge < -0.3 is 23.6 Å². The van der Waals surface area contributed by atoms with E-state index < -0.39 is 5.97 Å². The number of carbonyl (C=O) groups is 2. The molecule has 7 nitrogen and oxygen atoms in total. The highest BCUT2D eigenvalue weighted by atomic mass is 16.5. The van der Waals surface area contributed by atoms with Crippen LogP contribution in [-0.2, 0) is 11.3 Å². The number of rotatable bonds is 8. The van der Waals surface area contributed by atoms with E-state index in [1.807, 2.05) is 6.92 Å². The smallest absolute Gasteiger partial charge is 0.371 e. The van der Waals surface area contributed by atoms with Gasteiger partial charge in [-0.2, -0.15) is 0 Å². The second-order valence-electron chi connectivity index (χ2n) is 5.32. The summed E-state index contributed by atoms with van der Waals surface area (Å²) in [5, 5.41) is 8.93. The van der Waals surface area contributed by atoms with Gasteiger partial charge in [0.25, 0.3) is 5.91 Å². The van der Waals surface area contributed by atoms with E-state index in [-0.39, 0.29) is 18.2 Å². The molecule has 2 aromatic heterocycles. The molecule has 0 saturated carbocycles. The molecule has 0 aliphatic heterocycles. The van der Waals surface area contributed by atoms with Gasteiger partial charge in [-0.3, -0.25) is 4.79 Å². The van der Waals surface area contributed by atoms with Crippen LogP contribution in [0.1, 0.15) is 45.1 Å². The number of ether oxygens (including phenoxy) is 1. The molecule has 1 N–H and O–H groups in total. The molecule has 7 heteroatoms. The van der Waals surface area contributed by atoms with Crippen LogP contribution in [0.3, 0.4) is 0 Å². The molecule has 0 bridgehead atoms. The van der Waals surface area contributed by atoms with Crippen LogP contribution in [0.15, 0.2) is 27.0 Å². The quantitative estimate of drug-likeness (QED) is 0.746. The summed E-state index contributed by atoms with van der Waals surface area (Å²) in [5.74, 6) is 0.0936. The predicted molar refractivity (Wildman–Crippen MR) is 85.1 cm³/mol. The highest BCUT2D eigenvalue weighted by Gasteiger charge is 2.22. The van der Waals surface area contributed by atoms with Crippen LogP contribution < -0.4 is 0 Å². The first kappa shape index (κ1) is 17.8. The molecule has 1 amide bonds. The third kappa shape index (κ3) is 4.26. The second-order valence-corrected chi connectivity index (χ2v) is 5.32. The van der Waals surface area contributed by atoms with Gasteiger partial charge in [0.1, 0.15) is 17.3 Å². The van der Waals surface area contributed by atoms with E-state index in [1.165, 1.54) is 6.07 Å². The first-order chi connectivity index (χ1) is 11.4. The van der Waals surface area contributed by atoms with Crippen molar-refractivity contribution in [3.8, 4) is 0 Å². The van der Waals surface area contributed by atoms with Crippen LogP contribution >= 0.6 is 0 Å². The van der Waals surface area contributed by atoms with Gasteiger partial charge in [0, 0.05) is 13.2 Å². The molecular formula is C17H21NO6. The summed E-state index contributed by atoms with van der Waals surface area (Å²) in [7, 11) is 0. The van der Waals surface area contributed by atoms with Crippen molar-refractivity contribution in [1.82, 2.24) is 4.90 Å². The molecule has 2 aromatic rings. The molecule has 0 aliphatic carbocycles. The van der Waals surface area contributed by atoms with Gasteiger partial charge in [0.2, 0.25) is 5.76 Å². The Morgan fingerprint density at radius 2 is 2.00 bits per heavy atom. The fourth-order valence-corrected chi connectivity index (χ4v) is 2.35. The minimum absolute atomic E-state index is 0.155. The van der Waals surface area contributed by atoms with E-state index in [1.54, 1.807) is 30.9 Å². The lowest BCUT2D eigenvalue weighted by molar-refractivity contribution is 0.0615. The molecule has 2 heterocycles. The number of hydrogen-bond donors (Lipinski definition) is 1. The Morgan fingerprint density at radius 3 is 2.54 bits per heavy atom. The van der Waals surface area contributed by atoms with Crippen molar-refractivity contribution in [3.63, 3.8) is 0 Å². The molecule has 2 rings (SSSR count). The van der Waals surface area contributed by atoms with Gasteiger partial charge in [-0.1, -0.05) is 0 Å². The summed E-state index contributed by atoms with van der Waals surface area (Å²) in [6.07, 6.45) is 0. The van der Waals surface area contributed by atoms with Crippen molar-refractivity contribution < 1.29 is 28.3 Å². The summed E-state index contributed by atoms with van der Waals surface area (Å²) < 4.78 is 16.0. The number of aryl methyl sites for hydroxylation is 2. The Labute approximate surface area is 139 Å². The Balaban J connectivity index is 2.18. The lowest BCUT2D eigenvalue weighted by Crippen LogP contribution is -2.33. The fraction of sp³-hybridized carbons (Fsp3) is 0.412. The van der Waals surface area contributed by atoms with Crippen LogP contribution in [0, 0.1) is 13.8 Å². The monoisotopic (exact) mass is 335 g/mol. The van der Waals surface area contributed by atoms with Crippen molar-refractivity contribution in [2.75, 3.05) is 19.8 Å². The number of furan rings is 2. The molecule has 0 radical (unpaired) electrons. The van der Waals surface area contributed by atoms with Crippen molar-refractivity contribution in [3.05, 3.63) is 46.8 Å². The summed E-state index contributed by atoms with van der Waals surface area (Å²) in [4.78, 5) is 25.2. The molecule has 0 aliphatic rings. The van der Waals surface area contributed by atoms with Gasteiger partial charge in [0.05, 0.1) is 18.7 Å². The van der Waals surface area contributed by atoms with Crippen LogP contribution in [0.4, 0.5) is 0 Å². The van der Waals surface area contributed by atoms with E-state index in [2.05, 4.69) is 0 Å². The van der Waals surface area contributed by atoms with E-state index in [9.17, 15) is 9.59 Å². The van der Waals surface area contributed by atoms with Gasteiger partial charge in [-0.25, -0.2) is 4.79 Å². The Kier molecular flexibility index (Phi) is 5.81.